The minimum atomic E-state index is -0.682. The van der Waals surface area contributed by atoms with E-state index in [1.54, 1.807) is 11.1 Å². The summed E-state index contributed by atoms with van der Waals surface area (Å²) >= 11 is 0. The van der Waals surface area contributed by atoms with Gasteiger partial charge in [0.2, 0.25) is 11.8 Å². The molecule has 1 aromatic carbocycles. The third-order valence-electron chi connectivity index (χ3n) is 7.12. The maximum Gasteiger partial charge on any atom is 0.243 e. The Morgan fingerprint density at radius 2 is 1.76 bits per heavy atom. The van der Waals surface area contributed by atoms with Crippen LogP contribution in [0.1, 0.15) is 79.0 Å². The lowest BCUT2D eigenvalue weighted by molar-refractivity contribution is -0.142. The lowest BCUT2D eigenvalue weighted by Gasteiger charge is -2.29. The van der Waals surface area contributed by atoms with Crippen molar-refractivity contribution in [2.45, 2.75) is 99.0 Å². The molecule has 4 N–H and O–H groups in total. The Balaban J connectivity index is 0.00000115. The Labute approximate surface area is 222 Å². The van der Waals surface area contributed by atoms with Gasteiger partial charge >= 0.3 is 0 Å². The molecule has 1 saturated heterocycles. The van der Waals surface area contributed by atoms with Crippen LogP contribution in [0.5, 0.6) is 0 Å². The fourth-order valence-electron chi connectivity index (χ4n) is 4.82. The number of aliphatic hydroxyl groups excluding tert-OH is 1. The smallest absolute Gasteiger partial charge is 0.243 e. The van der Waals surface area contributed by atoms with Crippen molar-refractivity contribution in [3.05, 3.63) is 41.6 Å². The van der Waals surface area contributed by atoms with E-state index in [4.69, 9.17) is 5.73 Å². The molecule has 2 aromatic rings. The standard InChI is InChI=1S/C25H35N5O3.2C2H6/c1-14(2)15(3)25(33)29-13-20(31)11-23(29)24(32)28-16(4)17-5-6-21-18(9-17)10-19(26)12-30-22(21)7-8-27-30;2*1-2/h5-9,14-16,19-20,23,31H,10-13,26H2,1-4H3,(H,28,32);2*1-2H3. The molecule has 5 atom stereocenters. The molecule has 2 amide bonds. The second-order valence-corrected chi connectivity index (χ2v) is 9.94. The van der Waals surface area contributed by atoms with Crippen molar-refractivity contribution >= 4 is 11.8 Å². The second kappa shape index (κ2) is 13.7. The van der Waals surface area contributed by atoms with Crippen molar-refractivity contribution in [1.82, 2.24) is 20.0 Å². The first kappa shape index (κ1) is 30.5. The number of aliphatic hydroxyl groups is 1. The summed E-state index contributed by atoms with van der Waals surface area (Å²) in [5.74, 6) is -0.344. The molecule has 8 heteroatoms. The quantitative estimate of drug-likeness (QED) is 0.561. The van der Waals surface area contributed by atoms with Crippen LogP contribution in [0.15, 0.2) is 30.5 Å². The number of hydrogen-bond acceptors (Lipinski definition) is 5. The zero-order valence-corrected chi connectivity index (χ0v) is 23.9. The molecule has 8 nitrogen and oxygen atoms in total. The van der Waals surface area contributed by atoms with Gasteiger partial charge < -0.3 is 21.1 Å². The summed E-state index contributed by atoms with van der Waals surface area (Å²) in [5, 5.41) is 17.6. The zero-order valence-electron chi connectivity index (χ0n) is 23.9. The normalized spacial score (nSPS) is 21.8. The van der Waals surface area contributed by atoms with Crippen molar-refractivity contribution in [2.24, 2.45) is 17.6 Å². The number of nitrogens with zero attached hydrogens (tertiary/aromatic N) is 3. The van der Waals surface area contributed by atoms with Crippen molar-refractivity contribution in [3.63, 3.8) is 0 Å². The van der Waals surface area contributed by atoms with Crippen LogP contribution in [0.4, 0.5) is 0 Å². The summed E-state index contributed by atoms with van der Waals surface area (Å²) in [4.78, 5) is 27.6. The van der Waals surface area contributed by atoms with Gasteiger partial charge in [0.25, 0.3) is 0 Å². The first-order chi connectivity index (χ1) is 17.7. The van der Waals surface area contributed by atoms with Crippen LogP contribution >= 0.6 is 0 Å². The molecule has 206 valence electrons. The van der Waals surface area contributed by atoms with E-state index in [9.17, 15) is 14.7 Å². The Bertz CT molecular complexity index is 1030. The van der Waals surface area contributed by atoms with Crippen LogP contribution in [0, 0.1) is 11.8 Å². The molecule has 3 heterocycles. The number of aromatic nitrogens is 2. The van der Waals surface area contributed by atoms with Gasteiger partial charge in [0.1, 0.15) is 6.04 Å². The molecular weight excluding hydrogens is 466 g/mol. The molecule has 0 spiro atoms. The highest BCUT2D eigenvalue weighted by Gasteiger charge is 2.41. The number of carbonyl (C=O) groups is 2. The Hall–Kier alpha value is -2.71. The number of benzene rings is 1. The second-order valence-electron chi connectivity index (χ2n) is 9.94. The summed E-state index contributed by atoms with van der Waals surface area (Å²) in [6, 6.07) is 7.26. The predicted molar refractivity (Wildman–Crippen MR) is 149 cm³/mol. The Kier molecular flexibility index (Phi) is 11.3. The average molecular weight is 514 g/mol. The van der Waals surface area contributed by atoms with E-state index in [1.807, 2.05) is 72.2 Å². The van der Waals surface area contributed by atoms with Gasteiger partial charge in [-0.2, -0.15) is 5.10 Å². The summed E-state index contributed by atoms with van der Waals surface area (Å²) in [6.07, 6.45) is 2.10. The molecule has 37 heavy (non-hydrogen) atoms. The lowest BCUT2D eigenvalue weighted by Crippen LogP contribution is -2.48. The van der Waals surface area contributed by atoms with E-state index in [2.05, 4.69) is 22.5 Å². The summed E-state index contributed by atoms with van der Waals surface area (Å²) in [7, 11) is 0. The molecule has 0 bridgehead atoms. The van der Waals surface area contributed by atoms with E-state index in [-0.39, 0.29) is 48.7 Å². The Morgan fingerprint density at radius 3 is 2.41 bits per heavy atom. The van der Waals surface area contributed by atoms with Gasteiger partial charge in [0.05, 0.1) is 24.4 Å². The van der Waals surface area contributed by atoms with Crippen LogP contribution in [0.3, 0.4) is 0 Å². The predicted octanol–water partition coefficient (Wildman–Crippen LogP) is 3.92. The van der Waals surface area contributed by atoms with Crippen LogP contribution in [0.2, 0.25) is 0 Å². The third-order valence-corrected chi connectivity index (χ3v) is 7.12. The van der Waals surface area contributed by atoms with Crippen LogP contribution in [-0.4, -0.2) is 56.3 Å². The molecule has 2 aliphatic heterocycles. The van der Waals surface area contributed by atoms with Crippen molar-refractivity contribution in [2.75, 3.05) is 6.54 Å². The minimum absolute atomic E-state index is 0.0347. The maximum atomic E-state index is 13.2. The van der Waals surface area contributed by atoms with E-state index in [1.165, 1.54) is 0 Å². The van der Waals surface area contributed by atoms with Crippen LogP contribution in [0.25, 0.3) is 11.3 Å². The van der Waals surface area contributed by atoms with Gasteiger partial charge in [-0.15, -0.1) is 0 Å². The molecular formula is C29H47N5O3. The topological polar surface area (TPSA) is 113 Å². The first-order valence-electron chi connectivity index (χ1n) is 13.8. The largest absolute Gasteiger partial charge is 0.391 e. The van der Waals surface area contributed by atoms with E-state index in [0.717, 1.165) is 28.8 Å². The van der Waals surface area contributed by atoms with E-state index >= 15 is 0 Å². The number of likely N-dealkylation sites (tertiary alicyclic amines) is 1. The van der Waals surface area contributed by atoms with Gasteiger partial charge in [0, 0.05) is 36.7 Å². The van der Waals surface area contributed by atoms with Gasteiger partial charge in [-0.25, -0.2) is 0 Å². The van der Waals surface area contributed by atoms with E-state index < -0.39 is 12.1 Å². The van der Waals surface area contributed by atoms with Crippen molar-refractivity contribution in [1.29, 1.82) is 0 Å². The molecule has 4 rings (SSSR count). The van der Waals surface area contributed by atoms with Crippen LogP contribution in [-0.2, 0) is 22.6 Å². The molecule has 1 aromatic heterocycles. The Morgan fingerprint density at radius 1 is 1.08 bits per heavy atom. The SMILES string of the molecule is CC.CC.CC(NC(=O)C1CC(O)CN1C(=O)C(C)C(C)C)c1ccc2c(c1)CC(N)Cn1nccc1-2. The van der Waals surface area contributed by atoms with Gasteiger partial charge in [-0.3, -0.25) is 14.3 Å². The molecule has 0 radical (unpaired) electrons. The summed E-state index contributed by atoms with van der Waals surface area (Å²) in [5.41, 5.74) is 10.6. The number of β-amino-alcohol motifs (C(OH)–C–C–N with tert-alkyl or cyclic N) is 1. The van der Waals surface area contributed by atoms with Gasteiger partial charge in [-0.05, 0) is 36.5 Å². The summed E-state index contributed by atoms with van der Waals surface area (Å²) in [6.45, 7) is 16.7. The number of nitrogens with one attached hydrogen (secondary N) is 1. The minimum Gasteiger partial charge on any atom is -0.391 e. The number of nitrogens with two attached hydrogens (primary N) is 1. The van der Waals surface area contributed by atoms with E-state index in [0.29, 0.717) is 6.54 Å². The first-order valence-corrected chi connectivity index (χ1v) is 13.8. The highest BCUT2D eigenvalue weighted by molar-refractivity contribution is 5.89. The number of fused-ring (bicyclic) bond motifs is 3. The molecule has 0 aliphatic carbocycles. The number of carbonyl (C=O) groups excluding carboxylic acids is 2. The molecule has 1 fully saturated rings. The lowest BCUT2D eigenvalue weighted by atomic mass is 9.95. The summed E-state index contributed by atoms with van der Waals surface area (Å²) < 4.78 is 1.94. The fraction of sp³-hybridized carbons (Fsp3) is 0.621. The number of rotatable bonds is 5. The number of hydrogen-bond donors (Lipinski definition) is 3. The average Bonchev–Trinajstić information content (AvgIpc) is 3.48. The molecule has 5 unspecified atom stereocenters. The van der Waals surface area contributed by atoms with Gasteiger partial charge in [-0.1, -0.05) is 66.7 Å². The maximum absolute atomic E-state index is 13.2. The fourth-order valence-corrected chi connectivity index (χ4v) is 4.82. The highest BCUT2D eigenvalue weighted by Crippen LogP contribution is 2.31. The number of amides is 2. The van der Waals surface area contributed by atoms with Crippen LogP contribution < -0.4 is 11.1 Å². The third kappa shape index (κ3) is 6.99. The highest BCUT2D eigenvalue weighted by atomic mass is 16.3. The molecule has 0 saturated carbocycles. The zero-order chi connectivity index (χ0) is 27.9. The van der Waals surface area contributed by atoms with Gasteiger partial charge in [0.15, 0.2) is 0 Å². The monoisotopic (exact) mass is 513 g/mol. The van der Waals surface area contributed by atoms with Crippen molar-refractivity contribution < 1.29 is 14.7 Å². The molecule has 2 aliphatic rings. The van der Waals surface area contributed by atoms with Crippen molar-refractivity contribution in [3.8, 4) is 11.3 Å².